The van der Waals surface area contributed by atoms with E-state index in [1.807, 2.05) is 30.3 Å². The highest BCUT2D eigenvalue weighted by atomic mass is 32.2. The van der Waals surface area contributed by atoms with Gasteiger partial charge in [-0.05, 0) is 23.3 Å². The van der Waals surface area contributed by atoms with Crippen molar-refractivity contribution in [2.24, 2.45) is 0 Å². The predicted molar refractivity (Wildman–Crippen MR) is 107 cm³/mol. The molecule has 0 bridgehead atoms. The van der Waals surface area contributed by atoms with E-state index < -0.39 is 20.9 Å². The van der Waals surface area contributed by atoms with Crippen molar-refractivity contribution < 1.29 is 18.0 Å². The molecule has 4 nitrogen and oxygen atoms in total. The maximum Gasteiger partial charge on any atom is 0.180 e. The zero-order chi connectivity index (χ0) is 19.4. The Morgan fingerprint density at radius 3 is 2.11 bits per heavy atom. The topological polar surface area (TPSA) is 68.3 Å². The molecule has 0 spiro atoms. The van der Waals surface area contributed by atoms with Crippen LogP contribution < -0.4 is 0 Å². The molecule has 3 rings (SSSR count). The number of ketones is 2. The van der Waals surface area contributed by atoms with Crippen LogP contribution >= 0.6 is 0 Å². The molecule has 3 aromatic rings. The van der Waals surface area contributed by atoms with Crippen molar-refractivity contribution in [1.29, 1.82) is 0 Å². The summed E-state index contributed by atoms with van der Waals surface area (Å²) < 4.78 is 24.3. The third kappa shape index (κ3) is 4.49. The third-order valence-corrected chi connectivity index (χ3v) is 6.06. The molecular formula is C22H20O4S. The van der Waals surface area contributed by atoms with E-state index in [1.54, 1.807) is 42.5 Å². The fourth-order valence-corrected chi connectivity index (χ4v) is 4.17. The minimum atomic E-state index is -3.63. The Hall–Kier alpha value is -2.79. The van der Waals surface area contributed by atoms with E-state index in [0.29, 0.717) is 11.1 Å². The molecule has 0 heterocycles. The van der Waals surface area contributed by atoms with Gasteiger partial charge in [-0.2, -0.15) is 0 Å². The van der Waals surface area contributed by atoms with Gasteiger partial charge in [0.25, 0.3) is 0 Å². The molecular weight excluding hydrogens is 360 g/mol. The quantitative estimate of drug-likeness (QED) is 0.579. The highest BCUT2D eigenvalue weighted by Gasteiger charge is 2.30. The number of rotatable bonds is 7. The van der Waals surface area contributed by atoms with Crippen molar-refractivity contribution in [1.82, 2.24) is 0 Å². The van der Waals surface area contributed by atoms with E-state index in [1.165, 1.54) is 0 Å². The van der Waals surface area contributed by atoms with Crippen molar-refractivity contribution >= 4 is 32.2 Å². The summed E-state index contributed by atoms with van der Waals surface area (Å²) in [6, 6.07) is 21.4. The van der Waals surface area contributed by atoms with Crippen LogP contribution in [0.15, 0.2) is 72.8 Å². The second-order valence-corrected chi connectivity index (χ2v) is 8.80. The highest BCUT2D eigenvalue weighted by Crippen LogP contribution is 2.20. The lowest BCUT2D eigenvalue weighted by Crippen LogP contribution is -2.30. The Balaban J connectivity index is 1.78. The average molecular weight is 380 g/mol. The zero-order valence-corrected chi connectivity index (χ0v) is 15.8. The van der Waals surface area contributed by atoms with Crippen LogP contribution in [-0.2, 0) is 9.84 Å². The Kier molecular flexibility index (Phi) is 5.51. The minimum Gasteiger partial charge on any atom is -0.294 e. The lowest BCUT2D eigenvalue weighted by atomic mass is 9.99. The maximum absolute atomic E-state index is 12.6. The fourth-order valence-electron chi connectivity index (χ4n) is 3.10. The van der Waals surface area contributed by atoms with Gasteiger partial charge >= 0.3 is 0 Å². The Labute approximate surface area is 158 Å². The van der Waals surface area contributed by atoms with Crippen LogP contribution in [0.5, 0.6) is 0 Å². The van der Waals surface area contributed by atoms with E-state index in [2.05, 4.69) is 0 Å². The standard InChI is InChI=1S/C22H20O4S/c1-27(25,26)21(22(24)17-8-3-2-4-9-17)14-13-20(23)19-12-11-16-7-5-6-10-18(16)15-19/h2-12,15,21H,13-14H2,1H3/t21-/m0/s1. The summed E-state index contributed by atoms with van der Waals surface area (Å²) >= 11 is 0. The first-order chi connectivity index (χ1) is 12.9. The Morgan fingerprint density at radius 1 is 0.815 bits per heavy atom. The molecule has 0 aliphatic carbocycles. The molecule has 0 aliphatic heterocycles. The third-order valence-electron chi connectivity index (χ3n) is 4.57. The van der Waals surface area contributed by atoms with Gasteiger partial charge in [-0.15, -0.1) is 0 Å². The van der Waals surface area contributed by atoms with E-state index in [-0.39, 0.29) is 18.6 Å². The average Bonchev–Trinajstić information content (AvgIpc) is 2.67. The maximum atomic E-state index is 12.6. The van der Waals surface area contributed by atoms with Gasteiger partial charge < -0.3 is 0 Å². The van der Waals surface area contributed by atoms with Crippen LogP contribution in [0.4, 0.5) is 0 Å². The Bertz CT molecular complexity index is 1090. The summed E-state index contributed by atoms with van der Waals surface area (Å²) in [5.41, 5.74) is 0.860. The van der Waals surface area contributed by atoms with Gasteiger partial charge in [-0.1, -0.05) is 66.7 Å². The molecule has 0 aromatic heterocycles. The molecule has 0 unspecified atom stereocenters. The molecule has 0 fully saturated rings. The SMILES string of the molecule is CS(=O)(=O)[C@@H](CCC(=O)c1ccc2ccccc2c1)C(=O)c1ccccc1. The van der Waals surface area contributed by atoms with Crippen molar-refractivity contribution in [3.8, 4) is 0 Å². The normalized spacial score (nSPS) is 12.6. The largest absolute Gasteiger partial charge is 0.294 e. The number of sulfone groups is 1. The van der Waals surface area contributed by atoms with Crippen LogP contribution in [0, 0.1) is 0 Å². The second kappa shape index (κ2) is 7.84. The van der Waals surface area contributed by atoms with E-state index >= 15 is 0 Å². The lowest BCUT2D eigenvalue weighted by molar-refractivity contribution is 0.0960. The first-order valence-corrected chi connectivity index (χ1v) is 10.6. The molecule has 0 aliphatic rings. The number of carbonyl (C=O) groups excluding carboxylic acids is 2. The van der Waals surface area contributed by atoms with Gasteiger partial charge in [0, 0.05) is 23.8 Å². The molecule has 5 heteroatoms. The van der Waals surface area contributed by atoms with Crippen molar-refractivity contribution in [3.63, 3.8) is 0 Å². The van der Waals surface area contributed by atoms with E-state index in [0.717, 1.165) is 17.0 Å². The monoisotopic (exact) mass is 380 g/mol. The number of carbonyl (C=O) groups is 2. The number of Topliss-reactive ketones (excluding diaryl/α,β-unsaturated/α-hetero) is 2. The van der Waals surface area contributed by atoms with Gasteiger partial charge in [-0.3, -0.25) is 9.59 Å². The molecule has 0 N–H and O–H groups in total. The van der Waals surface area contributed by atoms with Gasteiger partial charge in [0.15, 0.2) is 21.4 Å². The lowest BCUT2D eigenvalue weighted by Gasteiger charge is -2.14. The zero-order valence-electron chi connectivity index (χ0n) is 15.0. The first-order valence-electron chi connectivity index (χ1n) is 8.66. The fraction of sp³-hybridized carbons (Fsp3) is 0.182. The van der Waals surface area contributed by atoms with Crippen LogP contribution in [0.25, 0.3) is 10.8 Å². The number of fused-ring (bicyclic) bond motifs is 1. The summed E-state index contributed by atoms with van der Waals surface area (Å²) in [5, 5.41) is 0.759. The Morgan fingerprint density at radius 2 is 1.44 bits per heavy atom. The van der Waals surface area contributed by atoms with Crippen molar-refractivity contribution in [3.05, 3.63) is 83.9 Å². The number of benzene rings is 3. The van der Waals surface area contributed by atoms with Crippen LogP contribution in [0.3, 0.4) is 0 Å². The second-order valence-electron chi connectivity index (χ2n) is 6.57. The molecule has 1 atom stereocenters. The summed E-state index contributed by atoms with van der Waals surface area (Å²) in [4.78, 5) is 25.2. The van der Waals surface area contributed by atoms with Crippen molar-refractivity contribution in [2.75, 3.05) is 6.26 Å². The smallest absolute Gasteiger partial charge is 0.180 e. The van der Waals surface area contributed by atoms with Gasteiger partial charge in [0.05, 0.1) is 0 Å². The molecule has 0 radical (unpaired) electrons. The summed E-state index contributed by atoms with van der Waals surface area (Å²) in [6.07, 6.45) is 1.01. The number of hydrogen-bond acceptors (Lipinski definition) is 4. The van der Waals surface area contributed by atoms with Crippen LogP contribution in [0.2, 0.25) is 0 Å². The van der Waals surface area contributed by atoms with E-state index in [4.69, 9.17) is 0 Å². The molecule has 0 amide bonds. The van der Waals surface area contributed by atoms with Gasteiger partial charge in [0.2, 0.25) is 0 Å². The van der Waals surface area contributed by atoms with Crippen molar-refractivity contribution in [2.45, 2.75) is 18.1 Å². The van der Waals surface area contributed by atoms with E-state index in [9.17, 15) is 18.0 Å². The molecule has 0 saturated heterocycles. The summed E-state index contributed by atoms with van der Waals surface area (Å²) in [7, 11) is -3.63. The minimum absolute atomic E-state index is 0.00531. The van der Waals surface area contributed by atoms with Gasteiger partial charge in [-0.25, -0.2) is 8.42 Å². The summed E-state index contributed by atoms with van der Waals surface area (Å²) in [6.45, 7) is 0. The molecule has 3 aromatic carbocycles. The van der Waals surface area contributed by atoms with Gasteiger partial charge in [0.1, 0.15) is 5.25 Å². The molecule has 27 heavy (non-hydrogen) atoms. The molecule has 0 saturated carbocycles. The van der Waals surface area contributed by atoms with Crippen LogP contribution in [0.1, 0.15) is 33.6 Å². The number of hydrogen-bond donors (Lipinski definition) is 0. The van der Waals surface area contributed by atoms with Crippen LogP contribution in [-0.4, -0.2) is 31.5 Å². The molecule has 138 valence electrons. The first kappa shape index (κ1) is 19.0. The summed E-state index contributed by atoms with van der Waals surface area (Å²) in [5.74, 6) is -0.639. The highest BCUT2D eigenvalue weighted by molar-refractivity contribution is 7.92. The predicted octanol–water partition coefficient (Wildman–Crippen LogP) is 4.10.